The molecule has 0 unspecified atom stereocenters. The predicted octanol–water partition coefficient (Wildman–Crippen LogP) is 1.66. The van der Waals surface area contributed by atoms with Crippen LogP contribution in [-0.4, -0.2) is 36.3 Å². The number of hydrogen-bond acceptors (Lipinski definition) is 5. The Hall–Kier alpha value is -1.08. The molecule has 3 N–H and O–H groups in total. The van der Waals surface area contributed by atoms with Crippen LogP contribution in [0.2, 0.25) is 5.02 Å². The summed E-state index contributed by atoms with van der Waals surface area (Å²) in [5.74, 6) is 0. The maximum atomic E-state index is 10.5. The van der Waals surface area contributed by atoms with Crippen LogP contribution in [0.1, 0.15) is 0 Å². The van der Waals surface area contributed by atoms with Crippen LogP contribution in [0.4, 0.5) is 11.4 Å². The topological polar surface area (TPSA) is 87.4 Å². The van der Waals surface area contributed by atoms with E-state index in [9.17, 15) is 10.1 Å². The quantitative estimate of drug-likeness (QED) is 0.405. The molecule has 18 heavy (non-hydrogen) atoms. The van der Waals surface area contributed by atoms with Crippen molar-refractivity contribution < 1.29 is 10.0 Å². The second-order valence-corrected chi connectivity index (χ2v) is 3.73. The minimum Gasteiger partial charge on any atom is -0.395 e. The van der Waals surface area contributed by atoms with Gasteiger partial charge in [0.25, 0.3) is 5.69 Å². The van der Waals surface area contributed by atoms with E-state index < -0.39 is 4.92 Å². The van der Waals surface area contributed by atoms with Crippen LogP contribution in [0.3, 0.4) is 0 Å². The highest BCUT2D eigenvalue weighted by Crippen LogP contribution is 2.26. The van der Waals surface area contributed by atoms with E-state index >= 15 is 0 Å². The Morgan fingerprint density at radius 3 is 2.61 bits per heavy atom. The van der Waals surface area contributed by atoms with Crippen LogP contribution >= 0.6 is 24.0 Å². The number of non-ortho nitro benzene ring substituents is 1. The van der Waals surface area contributed by atoms with Crippen LogP contribution in [-0.2, 0) is 0 Å². The molecule has 1 aromatic carbocycles. The highest BCUT2D eigenvalue weighted by atomic mass is 35.5. The molecule has 0 aliphatic heterocycles. The molecule has 1 rings (SSSR count). The van der Waals surface area contributed by atoms with Gasteiger partial charge in [0.15, 0.2) is 0 Å². The molecule has 0 heterocycles. The Morgan fingerprint density at radius 1 is 1.33 bits per heavy atom. The second-order valence-electron chi connectivity index (χ2n) is 3.32. The Kier molecular flexibility index (Phi) is 8.40. The molecular formula is C10H15Cl2N3O3. The fraction of sp³-hybridized carbons (Fsp3) is 0.400. The average molecular weight is 296 g/mol. The molecule has 0 bridgehead atoms. The van der Waals surface area contributed by atoms with Gasteiger partial charge in [-0.05, 0) is 6.07 Å². The third-order valence-corrected chi connectivity index (χ3v) is 2.38. The molecule has 0 saturated carbocycles. The molecule has 0 aliphatic carbocycles. The first-order valence-corrected chi connectivity index (χ1v) is 5.52. The number of halogens is 2. The summed E-state index contributed by atoms with van der Waals surface area (Å²) in [5.41, 5.74) is 0.627. The van der Waals surface area contributed by atoms with Gasteiger partial charge in [-0.3, -0.25) is 10.1 Å². The van der Waals surface area contributed by atoms with Crippen LogP contribution < -0.4 is 10.6 Å². The van der Waals surface area contributed by atoms with E-state index in [4.69, 9.17) is 16.7 Å². The summed E-state index contributed by atoms with van der Waals surface area (Å²) < 4.78 is 0. The Balaban J connectivity index is 0.00000289. The number of benzene rings is 1. The molecule has 0 radical (unpaired) electrons. The largest absolute Gasteiger partial charge is 0.395 e. The Bertz CT molecular complexity index is 391. The van der Waals surface area contributed by atoms with E-state index in [1.807, 2.05) is 0 Å². The first-order chi connectivity index (χ1) is 8.15. The van der Waals surface area contributed by atoms with Crippen molar-refractivity contribution in [3.05, 3.63) is 33.3 Å². The minimum absolute atomic E-state index is 0. The fourth-order valence-electron chi connectivity index (χ4n) is 1.25. The van der Waals surface area contributed by atoms with Crippen molar-refractivity contribution in [3.63, 3.8) is 0 Å². The van der Waals surface area contributed by atoms with E-state index in [0.717, 1.165) is 0 Å². The maximum absolute atomic E-state index is 10.5. The molecule has 102 valence electrons. The zero-order chi connectivity index (χ0) is 12.7. The van der Waals surface area contributed by atoms with Gasteiger partial charge in [-0.1, -0.05) is 11.6 Å². The highest BCUT2D eigenvalue weighted by molar-refractivity contribution is 6.33. The number of nitro benzene ring substituents is 1. The summed E-state index contributed by atoms with van der Waals surface area (Å²) in [6.45, 7) is 1.93. The van der Waals surface area contributed by atoms with Crippen molar-refractivity contribution in [3.8, 4) is 0 Å². The molecule has 0 spiro atoms. The lowest BCUT2D eigenvalue weighted by Gasteiger charge is -2.08. The third kappa shape index (κ3) is 5.50. The lowest BCUT2D eigenvalue weighted by molar-refractivity contribution is -0.384. The number of anilines is 1. The fourth-order valence-corrected chi connectivity index (χ4v) is 1.49. The molecule has 1 aromatic rings. The number of aliphatic hydroxyl groups is 1. The lowest BCUT2D eigenvalue weighted by atomic mass is 10.3. The molecule has 6 nitrogen and oxygen atoms in total. The van der Waals surface area contributed by atoms with E-state index in [1.54, 1.807) is 6.07 Å². The summed E-state index contributed by atoms with van der Waals surface area (Å²) in [7, 11) is 0. The Labute approximate surface area is 116 Å². The average Bonchev–Trinajstić information content (AvgIpc) is 2.30. The van der Waals surface area contributed by atoms with Crippen LogP contribution in [0.25, 0.3) is 0 Å². The molecule has 0 saturated heterocycles. The van der Waals surface area contributed by atoms with E-state index in [1.165, 1.54) is 12.1 Å². The van der Waals surface area contributed by atoms with Crippen molar-refractivity contribution >= 4 is 35.4 Å². The smallest absolute Gasteiger partial charge is 0.271 e. The van der Waals surface area contributed by atoms with Gasteiger partial charge >= 0.3 is 0 Å². The predicted molar refractivity (Wildman–Crippen MR) is 73.8 cm³/mol. The van der Waals surface area contributed by atoms with Crippen LogP contribution in [0.15, 0.2) is 18.2 Å². The van der Waals surface area contributed by atoms with Gasteiger partial charge in [0.1, 0.15) is 0 Å². The minimum atomic E-state index is -0.488. The van der Waals surface area contributed by atoms with Gasteiger partial charge in [-0.25, -0.2) is 0 Å². The monoisotopic (exact) mass is 295 g/mol. The second kappa shape index (κ2) is 8.93. The third-order valence-electron chi connectivity index (χ3n) is 2.07. The van der Waals surface area contributed by atoms with Crippen LogP contribution in [0, 0.1) is 10.1 Å². The van der Waals surface area contributed by atoms with Crippen molar-refractivity contribution in [2.45, 2.75) is 0 Å². The Morgan fingerprint density at radius 2 is 2.06 bits per heavy atom. The molecule has 8 heteroatoms. The van der Waals surface area contributed by atoms with Gasteiger partial charge in [0.2, 0.25) is 0 Å². The first kappa shape index (κ1) is 16.9. The van der Waals surface area contributed by atoms with E-state index in [2.05, 4.69) is 10.6 Å². The number of nitrogens with zero attached hydrogens (tertiary/aromatic N) is 1. The number of aliphatic hydroxyl groups excluding tert-OH is 1. The summed E-state index contributed by atoms with van der Waals surface area (Å²) in [6.07, 6.45) is 0. The van der Waals surface area contributed by atoms with Gasteiger partial charge in [-0.2, -0.15) is 0 Å². The molecule has 0 fully saturated rings. The number of nitro groups is 1. The zero-order valence-electron chi connectivity index (χ0n) is 9.56. The summed E-state index contributed by atoms with van der Waals surface area (Å²) in [4.78, 5) is 10.0. The normalized spacial score (nSPS) is 9.67. The SMILES string of the molecule is Cl.O=[N+]([O-])c1ccc(NCCNCCO)c(Cl)c1. The summed E-state index contributed by atoms with van der Waals surface area (Å²) >= 11 is 5.89. The van der Waals surface area contributed by atoms with Crippen molar-refractivity contribution in [1.29, 1.82) is 0 Å². The molecule has 0 aromatic heterocycles. The van der Waals surface area contributed by atoms with Gasteiger partial charge in [0, 0.05) is 31.8 Å². The maximum Gasteiger partial charge on any atom is 0.271 e. The van der Waals surface area contributed by atoms with Crippen molar-refractivity contribution in [1.82, 2.24) is 5.32 Å². The standard InChI is InChI=1S/C10H14ClN3O3.ClH/c11-9-7-8(14(16)17)1-2-10(9)13-4-3-12-5-6-15;/h1-2,7,12-13,15H,3-6H2;1H. The van der Waals surface area contributed by atoms with Gasteiger partial charge < -0.3 is 15.7 Å². The molecule has 0 aliphatic rings. The molecule has 0 amide bonds. The molecule has 0 atom stereocenters. The van der Waals surface area contributed by atoms with Gasteiger partial charge in [-0.15, -0.1) is 12.4 Å². The lowest BCUT2D eigenvalue weighted by Crippen LogP contribution is -2.24. The summed E-state index contributed by atoms with van der Waals surface area (Å²) in [5, 5.41) is 25.4. The van der Waals surface area contributed by atoms with E-state index in [-0.39, 0.29) is 24.7 Å². The van der Waals surface area contributed by atoms with Crippen molar-refractivity contribution in [2.24, 2.45) is 0 Å². The summed E-state index contributed by atoms with van der Waals surface area (Å²) in [6, 6.07) is 4.28. The van der Waals surface area contributed by atoms with Crippen molar-refractivity contribution in [2.75, 3.05) is 31.6 Å². The highest BCUT2D eigenvalue weighted by Gasteiger charge is 2.08. The first-order valence-electron chi connectivity index (χ1n) is 5.14. The number of nitrogens with one attached hydrogen (secondary N) is 2. The number of rotatable bonds is 7. The molecular weight excluding hydrogens is 281 g/mol. The van der Waals surface area contributed by atoms with Crippen LogP contribution in [0.5, 0.6) is 0 Å². The number of hydrogen-bond donors (Lipinski definition) is 3. The van der Waals surface area contributed by atoms with Gasteiger partial charge in [0.05, 0.1) is 22.2 Å². The van der Waals surface area contributed by atoms with E-state index in [0.29, 0.717) is 30.3 Å². The zero-order valence-corrected chi connectivity index (χ0v) is 11.1.